The maximum atomic E-state index is 12.6. The molecule has 2 aromatic rings. The van der Waals surface area contributed by atoms with Crippen LogP contribution in [0.1, 0.15) is 16.7 Å². The molecule has 2 rings (SSSR count). The number of nitrogens with zero attached hydrogens (tertiary/aromatic N) is 3. The molecule has 24 heavy (non-hydrogen) atoms. The minimum Gasteiger partial charge on any atom is -0.456 e. The average molecular weight is 333 g/mol. The van der Waals surface area contributed by atoms with Crippen molar-refractivity contribution in [3.8, 4) is 23.6 Å². The minimum absolute atomic E-state index is 0.0200. The van der Waals surface area contributed by atoms with Crippen molar-refractivity contribution < 1.29 is 22.8 Å². The van der Waals surface area contributed by atoms with Gasteiger partial charge in [-0.15, -0.1) is 0 Å². The summed E-state index contributed by atoms with van der Waals surface area (Å²) in [6.45, 7) is 0. The first-order chi connectivity index (χ1) is 11.3. The molecule has 6 nitrogen and oxygen atoms in total. The average Bonchev–Trinajstić information content (AvgIpc) is 2.53. The summed E-state index contributed by atoms with van der Waals surface area (Å²) in [5.74, 6) is -0.184. The number of rotatable bonds is 3. The van der Waals surface area contributed by atoms with Crippen molar-refractivity contribution in [3.63, 3.8) is 0 Å². The van der Waals surface area contributed by atoms with Crippen LogP contribution < -0.4 is 4.74 Å². The van der Waals surface area contributed by atoms with Crippen LogP contribution in [0.15, 0.2) is 36.4 Å². The van der Waals surface area contributed by atoms with E-state index in [4.69, 9.17) is 15.3 Å². The number of benzene rings is 2. The Morgan fingerprint density at radius 2 is 1.71 bits per heavy atom. The van der Waals surface area contributed by atoms with Gasteiger partial charge in [-0.3, -0.25) is 10.1 Å². The van der Waals surface area contributed by atoms with Gasteiger partial charge in [0.05, 0.1) is 16.1 Å². The van der Waals surface area contributed by atoms with E-state index in [0.29, 0.717) is 6.07 Å². The lowest BCUT2D eigenvalue weighted by Crippen LogP contribution is -2.05. The first-order valence-corrected chi connectivity index (χ1v) is 6.24. The van der Waals surface area contributed by atoms with Crippen molar-refractivity contribution in [2.45, 2.75) is 6.18 Å². The molecule has 0 aliphatic carbocycles. The van der Waals surface area contributed by atoms with Gasteiger partial charge in [0.2, 0.25) is 0 Å². The van der Waals surface area contributed by atoms with Gasteiger partial charge in [0.15, 0.2) is 0 Å². The van der Waals surface area contributed by atoms with Crippen LogP contribution in [-0.2, 0) is 6.18 Å². The molecular weight excluding hydrogens is 327 g/mol. The number of nitro groups is 1. The third-order valence-corrected chi connectivity index (χ3v) is 2.94. The Hall–Kier alpha value is -3.59. The van der Waals surface area contributed by atoms with Gasteiger partial charge in [0.1, 0.15) is 29.2 Å². The maximum absolute atomic E-state index is 12.6. The molecule has 0 atom stereocenters. The Morgan fingerprint density at radius 3 is 2.25 bits per heavy atom. The number of hydrogen-bond donors (Lipinski definition) is 0. The second-order valence-electron chi connectivity index (χ2n) is 4.47. The molecule has 0 fully saturated rings. The molecular formula is C15H6F3N3O3. The predicted octanol–water partition coefficient (Wildman–Crippen LogP) is 4.15. The molecule has 0 saturated heterocycles. The standard InChI is InChI=1S/C15H6F3N3O3/c16-15(17,18)11-1-4-14(10(5-11)8-20)24-12-2-3-13(21(22)23)9(6-12)7-19/h1-6H. The van der Waals surface area contributed by atoms with E-state index in [-0.39, 0.29) is 22.6 Å². The maximum Gasteiger partial charge on any atom is 0.416 e. The lowest BCUT2D eigenvalue weighted by atomic mass is 10.1. The van der Waals surface area contributed by atoms with Crippen LogP contribution in [0.5, 0.6) is 11.5 Å². The SMILES string of the molecule is N#Cc1cc(C(F)(F)F)ccc1Oc1ccc([N+](=O)[O-])c(C#N)c1. The largest absolute Gasteiger partial charge is 0.456 e. The molecule has 120 valence electrons. The highest BCUT2D eigenvalue weighted by Crippen LogP contribution is 2.34. The van der Waals surface area contributed by atoms with Crippen molar-refractivity contribution in [1.82, 2.24) is 0 Å². The molecule has 0 unspecified atom stereocenters. The van der Waals surface area contributed by atoms with Crippen LogP contribution in [-0.4, -0.2) is 4.92 Å². The van der Waals surface area contributed by atoms with E-state index in [2.05, 4.69) is 0 Å². The molecule has 2 aromatic carbocycles. The lowest BCUT2D eigenvalue weighted by molar-refractivity contribution is -0.385. The molecule has 0 aliphatic heterocycles. The second kappa shape index (κ2) is 6.26. The minimum atomic E-state index is -4.61. The van der Waals surface area contributed by atoms with Gasteiger partial charge in [-0.05, 0) is 24.3 Å². The third-order valence-electron chi connectivity index (χ3n) is 2.94. The van der Waals surface area contributed by atoms with Gasteiger partial charge in [-0.25, -0.2) is 0 Å². The van der Waals surface area contributed by atoms with E-state index < -0.39 is 22.4 Å². The molecule has 0 bridgehead atoms. The summed E-state index contributed by atoms with van der Waals surface area (Å²) in [4.78, 5) is 10.00. The molecule has 0 saturated carbocycles. The van der Waals surface area contributed by atoms with E-state index >= 15 is 0 Å². The summed E-state index contributed by atoms with van der Waals surface area (Å²) in [7, 11) is 0. The molecule has 0 aromatic heterocycles. The Balaban J connectivity index is 2.40. The lowest BCUT2D eigenvalue weighted by Gasteiger charge is -2.11. The first kappa shape index (κ1) is 16.8. The van der Waals surface area contributed by atoms with Gasteiger partial charge in [0, 0.05) is 12.1 Å². The Morgan fingerprint density at radius 1 is 1.04 bits per heavy atom. The van der Waals surface area contributed by atoms with Gasteiger partial charge in [0.25, 0.3) is 5.69 Å². The van der Waals surface area contributed by atoms with Crippen LogP contribution in [0.25, 0.3) is 0 Å². The van der Waals surface area contributed by atoms with Crippen LogP contribution in [0.4, 0.5) is 18.9 Å². The zero-order chi connectivity index (χ0) is 17.9. The second-order valence-corrected chi connectivity index (χ2v) is 4.47. The van der Waals surface area contributed by atoms with Gasteiger partial charge in [-0.2, -0.15) is 23.7 Å². The topological polar surface area (TPSA) is 99.9 Å². The van der Waals surface area contributed by atoms with Crippen molar-refractivity contribution in [2.24, 2.45) is 0 Å². The summed E-state index contributed by atoms with van der Waals surface area (Å²) in [5.41, 5.74) is -2.07. The first-order valence-electron chi connectivity index (χ1n) is 6.24. The van der Waals surface area contributed by atoms with Crippen LogP contribution in [0, 0.1) is 32.8 Å². The van der Waals surface area contributed by atoms with Crippen molar-refractivity contribution in [2.75, 3.05) is 0 Å². The van der Waals surface area contributed by atoms with Crippen LogP contribution >= 0.6 is 0 Å². The van der Waals surface area contributed by atoms with E-state index in [1.54, 1.807) is 12.1 Å². The summed E-state index contributed by atoms with van der Waals surface area (Å²) < 4.78 is 43.2. The molecule has 0 aliphatic rings. The highest BCUT2D eigenvalue weighted by atomic mass is 19.4. The number of nitro benzene ring substituents is 1. The monoisotopic (exact) mass is 333 g/mol. The van der Waals surface area contributed by atoms with E-state index in [1.165, 1.54) is 6.07 Å². The summed E-state index contributed by atoms with van der Waals surface area (Å²) in [6.07, 6.45) is -4.61. The van der Waals surface area contributed by atoms with E-state index in [1.807, 2.05) is 0 Å². The van der Waals surface area contributed by atoms with Crippen molar-refractivity contribution in [1.29, 1.82) is 10.5 Å². The number of nitriles is 2. The molecule has 0 radical (unpaired) electrons. The fourth-order valence-corrected chi connectivity index (χ4v) is 1.84. The smallest absolute Gasteiger partial charge is 0.416 e. The predicted molar refractivity (Wildman–Crippen MR) is 74.0 cm³/mol. The highest BCUT2D eigenvalue weighted by Gasteiger charge is 2.31. The number of alkyl halides is 3. The Kier molecular flexibility index (Phi) is 4.38. The summed E-state index contributed by atoms with van der Waals surface area (Å²) in [5, 5.41) is 28.6. The van der Waals surface area contributed by atoms with E-state index in [0.717, 1.165) is 24.3 Å². The van der Waals surface area contributed by atoms with Gasteiger partial charge in [-0.1, -0.05) is 0 Å². The Bertz CT molecular complexity index is 896. The third kappa shape index (κ3) is 3.42. The van der Waals surface area contributed by atoms with E-state index in [9.17, 15) is 23.3 Å². The van der Waals surface area contributed by atoms with Gasteiger partial charge < -0.3 is 4.74 Å². The Labute approximate surface area is 133 Å². The zero-order valence-corrected chi connectivity index (χ0v) is 11.7. The van der Waals surface area contributed by atoms with Crippen molar-refractivity contribution >= 4 is 5.69 Å². The van der Waals surface area contributed by atoms with Crippen LogP contribution in [0.2, 0.25) is 0 Å². The van der Waals surface area contributed by atoms with Crippen molar-refractivity contribution in [3.05, 3.63) is 63.2 Å². The highest BCUT2D eigenvalue weighted by molar-refractivity contribution is 5.54. The zero-order valence-electron chi connectivity index (χ0n) is 11.7. The van der Waals surface area contributed by atoms with Crippen LogP contribution in [0.3, 0.4) is 0 Å². The number of ether oxygens (including phenoxy) is 1. The quantitative estimate of drug-likeness (QED) is 0.620. The molecule has 0 heterocycles. The fraction of sp³-hybridized carbons (Fsp3) is 0.0667. The molecule has 0 amide bonds. The summed E-state index contributed by atoms with van der Waals surface area (Å²) >= 11 is 0. The summed E-state index contributed by atoms with van der Waals surface area (Å²) in [6, 6.07) is 8.83. The number of hydrogen-bond acceptors (Lipinski definition) is 5. The normalized spacial score (nSPS) is 10.5. The van der Waals surface area contributed by atoms with Gasteiger partial charge >= 0.3 is 6.18 Å². The molecule has 0 N–H and O–H groups in total. The number of halogens is 3. The fourth-order valence-electron chi connectivity index (χ4n) is 1.84. The molecule has 9 heteroatoms. The molecule has 0 spiro atoms.